The molecule has 88 valence electrons. The van der Waals surface area contributed by atoms with Crippen molar-refractivity contribution in [1.82, 2.24) is 4.90 Å². The van der Waals surface area contributed by atoms with Gasteiger partial charge in [0.25, 0.3) is 0 Å². The molecule has 0 aromatic heterocycles. The molecular weight excluding hydrogens is 210 g/mol. The fraction of sp³-hybridized carbons (Fsp3) is 0.400. The van der Waals surface area contributed by atoms with Gasteiger partial charge in [-0.15, -0.1) is 0 Å². The van der Waals surface area contributed by atoms with Crippen LogP contribution >= 0.6 is 0 Å². The molecule has 1 aliphatic carbocycles. The zero-order valence-corrected chi connectivity index (χ0v) is 9.98. The molecule has 1 aromatic carbocycles. The van der Waals surface area contributed by atoms with Gasteiger partial charge in [0.1, 0.15) is 0 Å². The number of allylic oxidation sites excluding steroid dienone is 2. The predicted octanol–water partition coefficient (Wildman–Crippen LogP) is 2.33. The number of fused-ring (bicyclic) bond motifs is 1. The van der Waals surface area contributed by atoms with Crippen molar-refractivity contribution in [2.75, 3.05) is 13.1 Å². The minimum atomic E-state index is 0.293. The standard InChI is InChI=1S/C15H17NO/c17-15-6-5-14(11-15)16-9-7-12-3-1-2-4-13(12)8-10-16/h1-4,11H,5-10H2. The maximum Gasteiger partial charge on any atom is 0.157 e. The highest BCUT2D eigenvalue weighted by Crippen LogP contribution is 2.23. The average Bonchev–Trinajstić information content (AvgIpc) is 2.66. The molecule has 0 fully saturated rings. The summed E-state index contributed by atoms with van der Waals surface area (Å²) in [5.41, 5.74) is 4.20. The quantitative estimate of drug-likeness (QED) is 0.734. The molecule has 3 rings (SSSR count). The lowest BCUT2D eigenvalue weighted by Gasteiger charge is -2.23. The molecule has 0 unspecified atom stereocenters. The average molecular weight is 227 g/mol. The summed E-state index contributed by atoms with van der Waals surface area (Å²) in [5, 5.41) is 0. The van der Waals surface area contributed by atoms with Crippen LogP contribution in [0, 0.1) is 0 Å². The molecule has 0 radical (unpaired) electrons. The highest BCUT2D eigenvalue weighted by Gasteiger charge is 2.20. The lowest BCUT2D eigenvalue weighted by molar-refractivity contribution is -0.114. The van der Waals surface area contributed by atoms with Crippen molar-refractivity contribution < 1.29 is 4.79 Å². The van der Waals surface area contributed by atoms with Gasteiger partial charge >= 0.3 is 0 Å². The van der Waals surface area contributed by atoms with Crippen molar-refractivity contribution in [3.05, 3.63) is 47.2 Å². The monoisotopic (exact) mass is 227 g/mol. The van der Waals surface area contributed by atoms with Gasteiger partial charge < -0.3 is 4.90 Å². The van der Waals surface area contributed by atoms with Crippen LogP contribution in [-0.4, -0.2) is 23.8 Å². The van der Waals surface area contributed by atoms with Crippen molar-refractivity contribution >= 4 is 5.78 Å². The number of hydrogen-bond acceptors (Lipinski definition) is 2. The van der Waals surface area contributed by atoms with E-state index in [0.717, 1.165) is 32.4 Å². The summed E-state index contributed by atoms with van der Waals surface area (Å²) in [6, 6.07) is 8.69. The van der Waals surface area contributed by atoms with E-state index in [1.807, 2.05) is 6.08 Å². The summed E-state index contributed by atoms with van der Waals surface area (Å²) in [6.45, 7) is 2.10. The molecule has 17 heavy (non-hydrogen) atoms. The smallest absolute Gasteiger partial charge is 0.157 e. The molecule has 1 aliphatic heterocycles. The zero-order valence-electron chi connectivity index (χ0n) is 9.98. The largest absolute Gasteiger partial charge is 0.374 e. The van der Waals surface area contributed by atoms with Crippen molar-refractivity contribution in [3.63, 3.8) is 0 Å². The third-order valence-electron chi connectivity index (χ3n) is 3.78. The fourth-order valence-electron chi connectivity index (χ4n) is 2.79. The Kier molecular flexibility index (Phi) is 2.71. The second kappa shape index (κ2) is 4.36. The van der Waals surface area contributed by atoms with Crippen LogP contribution < -0.4 is 0 Å². The summed E-state index contributed by atoms with van der Waals surface area (Å²) in [5.74, 6) is 0.293. The lowest BCUT2D eigenvalue weighted by Crippen LogP contribution is -2.25. The van der Waals surface area contributed by atoms with Gasteiger partial charge in [0, 0.05) is 31.3 Å². The Morgan fingerprint density at radius 2 is 1.53 bits per heavy atom. The first kappa shape index (κ1) is 10.6. The van der Waals surface area contributed by atoms with E-state index >= 15 is 0 Å². The minimum absolute atomic E-state index is 0.293. The highest BCUT2D eigenvalue weighted by molar-refractivity contribution is 5.92. The molecule has 2 heteroatoms. The third kappa shape index (κ3) is 2.12. The molecule has 0 N–H and O–H groups in total. The van der Waals surface area contributed by atoms with Crippen LogP contribution in [0.25, 0.3) is 0 Å². The summed E-state index contributed by atoms with van der Waals surface area (Å²) in [4.78, 5) is 13.7. The molecule has 2 aliphatic rings. The fourth-order valence-corrected chi connectivity index (χ4v) is 2.79. The first-order chi connectivity index (χ1) is 8.33. The van der Waals surface area contributed by atoms with E-state index < -0.39 is 0 Å². The van der Waals surface area contributed by atoms with Gasteiger partial charge in [-0.2, -0.15) is 0 Å². The first-order valence-corrected chi connectivity index (χ1v) is 6.38. The maximum atomic E-state index is 11.3. The summed E-state index contributed by atoms with van der Waals surface area (Å²) in [7, 11) is 0. The summed E-state index contributed by atoms with van der Waals surface area (Å²) >= 11 is 0. The Labute approximate surface area is 102 Å². The van der Waals surface area contributed by atoms with Crippen molar-refractivity contribution in [2.24, 2.45) is 0 Å². The topological polar surface area (TPSA) is 20.3 Å². The molecule has 2 nitrogen and oxygen atoms in total. The molecule has 0 bridgehead atoms. The highest BCUT2D eigenvalue weighted by atomic mass is 16.1. The Morgan fingerprint density at radius 3 is 2.06 bits per heavy atom. The van der Waals surface area contributed by atoms with Crippen LogP contribution in [0.1, 0.15) is 24.0 Å². The van der Waals surface area contributed by atoms with Gasteiger partial charge in [0.2, 0.25) is 0 Å². The third-order valence-corrected chi connectivity index (χ3v) is 3.78. The predicted molar refractivity (Wildman–Crippen MR) is 67.7 cm³/mol. The van der Waals surface area contributed by atoms with Crippen molar-refractivity contribution in [3.8, 4) is 0 Å². The van der Waals surface area contributed by atoms with Gasteiger partial charge in [-0.3, -0.25) is 4.79 Å². The lowest BCUT2D eigenvalue weighted by atomic mass is 10.0. The number of ketones is 1. The Bertz CT molecular complexity index is 449. The number of carbonyl (C=O) groups excluding carboxylic acids is 1. The molecule has 0 amide bonds. The van der Waals surface area contributed by atoms with E-state index in [0.29, 0.717) is 12.2 Å². The van der Waals surface area contributed by atoms with Crippen LogP contribution in [0.2, 0.25) is 0 Å². The van der Waals surface area contributed by atoms with E-state index in [1.54, 1.807) is 0 Å². The normalized spacial score (nSPS) is 19.9. The van der Waals surface area contributed by atoms with Gasteiger partial charge in [-0.05, 0) is 30.4 Å². The van der Waals surface area contributed by atoms with Crippen molar-refractivity contribution in [2.45, 2.75) is 25.7 Å². The Balaban J connectivity index is 1.77. The number of rotatable bonds is 1. The second-order valence-corrected chi connectivity index (χ2v) is 4.86. The van der Waals surface area contributed by atoms with E-state index in [9.17, 15) is 4.79 Å². The second-order valence-electron chi connectivity index (χ2n) is 4.86. The Hall–Kier alpha value is -1.57. The Morgan fingerprint density at radius 1 is 0.882 bits per heavy atom. The maximum absolute atomic E-state index is 11.3. The molecule has 0 saturated heterocycles. The molecule has 0 atom stereocenters. The minimum Gasteiger partial charge on any atom is -0.374 e. The SMILES string of the molecule is O=C1C=C(N2CCc3ccccc3CC2)CC1. The zero-order chi connectivity index (χ0) is 11.7. The van der Waals surface area contributed by atoms with Gasteiger partial charge in [0.05, 0.1) is 0 Å². The number of nitrogens with zero attached hydrogens (tertiary/aromatic N) is 1. The summed E-state index contributed by atoms with van der Waals surface area (Å²) in [6.07, 6.45) is 5.69. The summed E-state index contributed by atoms with van der Waals surface area (Å²) < 4.78 is 0. The van der Waals surface area contributed by atoms with E-state index in [-0.39, 0.29) is 0 Å². The molecule has 0 saturated carbocycles. The number of hydrogen-bond donors (Lipinski definition) is 0. The molecule has 1 aromatic rings. The van der Waals surface area contributed by atoms with Crippen LogP contribution in [0.15, 0.2) is 36.0 Å². The molecular formula is C15H17NO. The van der Waals surface area contributed by atoms with Gasteiger partial charge in [-0.25, -0.2) is 0 Å². The van der Waals surface area contributed by atoms with E-state index in [4.69, 9.17) is 0 Å². The van der Waals surface area contributed by atoms with E-state index in [1.165, 1.54) is 16.8 Å². The van der Waals surface area contributed by atoms with Gasteiger partial charge in [-0.1, -0.05) is 24.3 Å². The van der Waals surface area contributed by atoms with Crippen LogP contribution in [0.3, 0.4) is 0 Å². The first-order valence-electron chi connectivity index (χ1n) is 6.38. The van der Waals surface area contributed by atoms with Crippen LogP contribution in [-0.2, 0) is 17.6 Å². The van der Waals surface area contributed by atoms with Crippen LogP contribution in [0.5, 0.6) is 0 Å². The number of carbonyl (C=O) groups is 1. The number of benzene rings is 1. The van der Waals surface area contributed by atoms with Crippen LogP contribution in [0.4, 0.5) is 0 Å². The van der Waals surface area contributed by atoms with Crippen molar-refractivity contribution in [1.29, 1.82) is 0 Å². The molecule has 1 heterocycles. The van der Waals surface area contributed by atoms with E-state index in [2.05, 4.69) is 29.2 Å². The molecule has 0 spiro atoms. The van der Waals surface area contributed by atoms with Gasteiger partial charge in [0.15, 0.2) is 5.78 Å².